The minimum absolute atomic E-state index is 0.151. The minimum Gasteiger partial charge on any atom is -0.461 e. The van der Waals surface area contributed by atoms with Gasteiger partial charge in [-0.05, 0) is 19.8 Å². The fourth-order valence-electron chi connectivity index (χ4n) is 2.93. The van der Waals surface area contributed by atoms with Gasteiger partial charge in [-0.1, -0.05) is 45.4 Å². The van der Waals surface area contributed by atoms with Crippen LogP contribution < -0.4 is 0 Å². The lowest BCUT2D eigenvalue weighted by Crippen LogP contribution is -2.32. The fraction of sp³-hybridized carbons (Fsp3) is 0.762. The molecule has 1 heterocycles. The van der Waals surface area contributed by atoms with Crippen molar-refractivity contribution in [2.24, 2.45) is 0 Å². The number of thiazole rings is 1. The average molecular weight is 413 g/mol. The van der Waals surface area contributed by atoms with Gasteiger partial charge < -0.3 is 14.4 Å². The van der Waals surface area contributed by atoms with E-state index in [9.17, 15) is 9.59 Å². The van der Waals surface area contributed by atoms with Gasteiger partial charge in [-0.25, -0.2) is 9.78 Å². The van der Waals surface area contributed by atoms with Crippen molar-refractivity contribution >= 4 is 23.2 Å². The highest BCUT2D eigenvalue weighted by Crippen LogP contribution is 2.16. The number of rotatable bonds is 16. The summed E-state index contributed by atoms with van der Waals surface area (Å²) >= 11 is 1.39. The van der Waals surface area contributed by atoms with E-state index in [1.54, 1.807) is 19.4 Å². The number of amides is 1. The largest absolute Gasteiger partial charge is 0.461 e. The third-order valence-corrected chi connectivity index (χ3v) is 5.32. The van der Waals surface area contributed by atoms with Crippen molar-refractivity contribution in [3.05, 3.63) is 16.1 Å². The zero-order chi connectivity index (χ0) is 20.6. The minimum atomic E-state index is -0.412. The number of aromatic nitrogens is 1. The molecule has 0 aliphatic rings. The number of ether oxygens (including phenoxy) is 2. The maximum atomic E-state index is 12.7. The fourth-order valence-corrected chi connectivity index (χ4v) is 3.71. The Morgan fingerprint density at radius 1 is 1.07 bits per heavy atom. The normalized spacial score (nSPS) is 10.8. The molecule has 1 amide bonds. The topological polar surface area (TPSA) is 68.7 Å². The molecule has 0 N–H and O–H groups in total. The first-order chi connectivity index (χ1) is 13.6. The number of hydrogen-bond acceptors (Lipinski definition) is 6. The van der Waals surface area contributed by atoms with Crippen molar-refractivity contribution in [3.8, 4) is 0 Å². The lowest BCUT2D eigenvalue weighted by atomic mass is 10.1. The second-order valence-electron chi connectivity index (χ2n) is 6.88. The van der Waals surface area contributed by atoms with Crippen LogP contribution in [0.3, 0.4) is 0 Å². The Kier molecular flexibility index (Phi) is 13.6. The predicted molar refractivity (Wildman–Crippen MR) is 113 cm³/mol. The van der Waals surface area contributed by atoms with Crippen LogP contribution in [0.15, 0.2) is 5.38 Å². The molecule has 0 radical (unpaired) electrons. The number of unbranched alkanes of at least 4 members (excludes halogenated alkanes) is 6. The number of carbonyl (C=O) groups excluding carboxylic acids is 2. The van der Waals surface area contributed by atoms with Crippen molar-refractivity contribution in [1.82, 2.24) is 9.88 Å². The Morgan fingerprint density at radius 3 is 2.46 bits per heavy atom. The zero-order valence-corrected chi connectivity index (χ0v) is 18.5. The van der Waals surface area contributed by atoms with E-state index in [4.69, 9.17) is 9.47 Å². The van der Waals surface area contributed by atoms with Crippen LogP contribution in [0.4, 0.5) is 0 Å². The van der Waals surface area contributed by atoms with Crippen LogP contribution in [0.2, 0.25) is 0 Å². The van der Waals surface area contributed by atoms with Crippen molar-refractivity contribution < 1.29 is 19.1 Å². The number of methoxy groups -OCH3 is 1. The van der Waals surface area contributed by atoms with Gasteiger partial charge in [0.05, 0.1) is 13.2 Å². The molecule has 0 unspecified atom stereocenters. The molecular formula is C21H36N2O4S. The molecule has 0 saturated heterocycles. The summed E-state index contributed by atoms with van der Waals surface area (Å²) < 4.78 is 10.1. The summed E-state index contributed by atoms with van der Waals surface area (Å²) in [5.74, 6) is -0.261. The standard InChI is InChI=1S/C21H36N2O4S/c1-4-6-7-8-9-10-11-13-20(24)23(14-12-15-26-3)16-19-22-18(17-28-19)21(25)27-5-2/h17H,4-16H2,1-3H3. The summed E-state index contributed by atoms with van der Waals surface area (Å²) in [6.07, 6.45) is 9.69. The second-order valence-corrected chi connectivity index (χ2v) is 7.82. The van der Waals surface area contributed by atoms with Crippen molar-refractivity contribution in [2.45, 2.75) is 78.2 Å². The lowest BCUT2D eigenvalue weighted by molar-refractivity contribution is -0.132. The molecule has 0 fully saturated rings. The van der Waals surface area contributed by atoms with Crippen LogP contribution in [0, 0.1) is 0 Å². The third-order valence-electron chi connectivity index (χ3n) is 4.49. The maximum absolute atomic E-state index is 12.7. The molecule has 0 spiro atoms. The summed E-state index contributed by atoms with van der Waals surface area (Å²) in [7, 11) is 1.66. The van der Waals surface area contributed by atoms with Gasteiger partial charge in [-0.15, -0.1) is 11.3 Å². The Bertz CT molecular complexity index is 562. The molecule has 0 aliphatic heterocycles. The van der Waals surface area contributed by atoms with Gasteiger partial charge in [0.15, 0.2) is 5.69 Å². The molecule has 7 heteroatoms. The van der Waals surface area contributed by atoms with Crippen LogP contribution in [-0.4, -0.2) is 48.6 Å². The molecule has 0 saturated carbocycles. The van der Waals surface area contributed by atoms with Crippen LogP contribution >= 0.6 is 11.3 Å². The number of esters is 1. The van der Waals surface area contributed by atoms with Crippen LogP contribution in [0.1, 0.15) is 87.1 Å². The molecule has 0 aromatic carbocycles. The molecule has 28 heavy (non-hydrogen) atoms. The number of nitrogens with zero attached hydrogens (tertiary/aromatic N) is 2. The molecule has 1 rings (SSSR count). The Hall–Kier alpha value is -1.47. The highest BCUT2D eigenvalue weighted by Gasteiger charge is 2.17. The molecule has 1 aromatic heterocycles. The number of carbonyl (C=O) groups is 2. The van der Waals surface area contributed by atoms with Gasteiger partial charge in [-0.3, -0.25) is 4.79 Å². The average Bonchev–Trinajstić information content (AvgIpc) is 3.15. The second kappa shape index (κ2) is 15.5. The van der Waals surface area contributed by atoms with E-state index < -0.39 is 5.97 Å². The van der Waals surface area contributed by atoms with Gasteiger partial charge in [0, 0.05) is 32.1 Å². The van der Waals surface area contributed by atoms with E-state index >= 15 is 0 Å². The van der Waals surface area contributed by atoms with E-state index in [-0.39, 0.29) is 5.91 Å². The first kappa shape index (κ1) is 24.6. The predicted octanol–water partition coefficient (Wildman–Crippen LogP) is 4.83. The van der Waals surface area contributed by atoms with E-state index in [1.165, 1.54) is 43.4 Å². The van der Waals surface area contributed by atoms with Gasteiger partial charge >= 0.3 is 5.97 Å². The van der Waals surface area contributed by atoms with Crippen LogP contribution in [0.5, 0.6) is 0 Å². The van der Waals surface area contributed by atoms with E-state index in [2.05, 4.69) is 11.9 Å². The molecular weight excluding hydrogens is 376 g/mol. The highest BCUT2D eigenvalue weighted by molar-refractivity contribution is 7.09. The van der Waals surface area contributed by atoms with Crippen LogP contribution in [0.25, 0.3) is 0 Å². The third kappa shape index (κ3) is 10.2. The molecule has 1 aromatic rings. The Balaban J connectivity index is 2.50. The van der Waals surface area contributed by atoms with Gasteiger partial charge in [0.2, 0.25) is 5.91 Å². The Labute approximate surface area is 173 Å². The molecule has 6 nitrogen and oxygen atoms in total. The van der Waals surface area contributed by atoms with Crippen molar-refractivity contribution in [1.29, 1.82) is 0 Å². The monoisotopic (exact) mass is 412 g/mol. The zero-order valence-electron chi connectivity index (χ0n) is 17.7. The smallest absolute Gasteiger partial charge is 0.357 e. The van der Waals surface area contributed by atoms with Crippen molar-refractivity contribution in [2.75, 3.05) is 26.9 Å². The van der Waals surface area contributed by atoms with Gasteiger partial charge in [0.25, 0.3) is 0 Å². The van der Waals surface area contributed by atoms with E-state index in [1.807, 2.05) is 4.90 Å². The summed E-state index contributed by atoms with van der Waals surface area (Å²) in [5, 5.41) is 2.45. The Morgan fingerprint density at radius 2 is 1.79 bits per heavy atom. The quantitative estimate of drug-likeness (QED) is 0.287. The molecule has 0 bridgehead atoms. The summed E-state index contributed by atoms with van der Waals surface area (Å²) in [6, 6.07) is 0. The van der Waals surface area contributed by atoms with Gasteiger partial charge in [-0.2, -0.15) is 0 Å². The SMILES string of the molecule is CCCCCCCCCC(=O)N(CCCOC)Cc1nc(C(=O)OCC)cs1. The lowest BCUT2D eigenvalue weighted by Gasteiger charge is -2.21. The van der Waals surface area contributed by atoms with Crippen LogP contribution in [-0.2, 0) is 20.8 Å². The molecule has 0 aliphatic carbocycles. The number of hydrogen-bond donors (Lipinski definition) is 0. The molecule has 0 atom stereocenters. The first-order valence-corrected chi connectivity index (χ1v) is 11.4. The van der Waals surface area contributed by atoms with E-state index in [0.717, 1.165) is 24.3 Å². The highest BCUT2D eigenvalue weighted by atomic mass is 32.1. The maximum Gasteiger partial charge on any atom is 0.357 e. The summed E-state index contributed by atoms with van der Waals surface area (Å²) in [4.78, 5) is 30.6. The van der Waals surface area contributed by atoms with Crippen molar-refractivity contribution in [3.63, 3.8) is 0 Å². The van der Waals surface area contributed by atoms with E-state index in [0.29, 0.717) is 38.4 Å². The summed E-state index contributed by atoms with van der Waals surface area (Å²) in [6.45, 7) is 6.00. The molecule has 160 valence electrons. The van der Waals surface area contributed by atoms with Gasteiger partial charge in [0.1, 0.15) is 5.01 Å². The summed E-state index contributed by atoms with van der Waals surface area (Å²) in [5.41, 5.74) is 0.318. The first-order valence-electron chi connectivity index (χ1n) is 10.5.